The van der Waals surface area contributed by atoms with Crippen LogP contribution in [0.2, 0.25) is 5.02 Å². The average Bonchev–Trinajstić information content (AvgIpc) is 3.09. The van der Waals surface area contributed by atoms with E-state index in [2.05, 4.69) is 37.8 Å². The second-order valence-corrected chi connectivity index (χ2v) is 9.87. The van der Waals surface area contributed by atoms with E-state index in [-0.39, 0.29) is 5.41 Å². The van der Waals surface area contributed by atoms with Gasteiger partial charge in [-0.25, -0.2) is 8.78 Å². The summed E-state index contributed by atoms with van der Waals surface area (Å²) in [6.45, 7) is 10.7. The zero-order chi connectivity index (χ0) is 24.9. The van der Waals surface area contributed by atoms with E-state index in [9.17, 15) is 13.6 Å². The Hall–Kier alpha value is -2.24. The highest BCUT2D eigenvalue weighted by Gasteiger charge is 2.42. The van der Waals surface area contributed by atoms with Gasteiger partial charge in [-0.3, -0.25) is 4.79 Å². The van der Waals surface area contributed by atoms with Gasteiger partial charge >= 0.3 is 0 Å². The van der Waals surface area contributed by atoms with Crippen LogP contribution in [-0.2, 0) is 5.41 Å². The highest BCUT2D eigenvalue weighted by molar-refractivity contribution is 6.30. The van der Waals surface area contributed by atoms with Crippen LogP contribution in [0.15, 0.2) is 48.6 Å². The molecule has 1 aliphatic rings. The summed E-state index contributed by atoms with van der Waals surface area (Å²) in [6, 6.07) is 9.33. The Kier molecular flexibility index (Phi) is 8.89. The van der Waals surface area contributed by atoms with Gasteiger partial charge in [-0.05, 0) is 88.5 Å². The van der Waals surface area contributed by atoms with E-state index >= 15 is 0 Å². The van der Waals surface area contributed by atoms with Crippen molar-refractivity contribution in [3.63, 3.8) is 0 Å². The average molecular weight is 489 g/mol. The lowest BCUT2D eigenvalue weighted by molar-refractivity contribution is 0.0975. The summed E-state index contributed by atoms with van der Waals surface area (Å²) >= 11 is 6.33. The van der Waals surface area contributed by atoms with E-state index < -0.39 is 23.1 Å². The third-order valence-corrected chi connectivity index (χ3v) is 7.27. The van der Waals surface area contributed by atoms with Crippen molar-refractivity contribution < 1.29 is 13.6 Å². The Morgan fingerprint density at radius 2 is 1.97 bits per heavy atom. The molecule has 6 heteroatoms. The topological polar surface area (TPSA) is 23.6 Å². The zero-order valence-corrected chi connectivity index (χ0v) is 21.3. The number of anilines is 1. The van der Waals surface area contributed by atoms with Crippen LogP contribution in [-0.4, -0.2) is 36.5 Å². The number of amides is 1. The molecule has 0 aliphatic carbocycles. The maximum atomic E-state index is 14.4. The highest BCUT2D eigenvalue weighted by atomic mass is 35.5. The van der Waals surface area contributed by atoms with Gasteiger partial charge in [0.2, 0.25) is 0 Å². The fourth-order valence-electron chi connectivity index (χ4n) is 4.94. The first kappa shape index (κ1) is 26.4. The molecule has 34 heavy (non-hydrogen) atoms. The van der Waals surface area contributed by atoms with Crippen LogP contribution in [0.5, 0.6) is 0 Å². The molecule has 0 saturated heterocycles. The Labute approximate surface area is 207 Å². The first-order valence-corrected chi connectivity index (χ1v) is 12.5. The van der Waals surface area contributed by atoms with Crippen LogP contribution in [0.3, 0.4) is 0 Å². The maximum Gasteiger partial charge on any atom is 0.264 e. The molecule has 0 spiro atoms. The molecule has 1 amide bonds. The van der Waals surface area contributed by atoms with E-state index in [1.54, 1.807) is 12.1 Å². The van der Waals surface area contributed by atoms with Crippen molar-refractivity contribution in [1.29, 1.82) is 0 Å². The Bertz CT molecular complexity index is 1020. The second kappa shape index (κ2) is 11.5. The number of unbranched alkanes of at least 4 members (excludes halogenated alkanes) is 1. The molecule has 1 heterocycles. The molecule has 0 aromatic heterocycles. The minimum atomic E-state index is -0.849. The van der Waals surface area contributed by atoms with E-state index in [0.717, 1.165) is 56.5 Å². The van der Waals surface area contributed by atoms with E-state index in [0.29, 0.717) is 23.3 Å². The number of rotatable bonds is 10. The molecule has 2 unspecified atom stereocenters. The van der Waals surface area contributed by atoms with Crippen molar-refractivity contribution in [2.24, 2.45) is 0 Å². The summed E-state index contributed by atoms with van der Waals surface area (Å²) < 4.78 is 28.8. The van der Waals surface area contributed by atoms with Crippen molar-refractivity contribution in [1.82, 2.24) is 4.90 Å². The molecule has 2 atom stereocenters. The van der Waals surface area contributed by atoms with Crippen molar-refractivity contribution >= 4 is 23.2 Å². The number of halogens is 3. The van der Waals surface area contributed by atoms with Crippen LogP contribution in [0.1, 0.15) is 69.3 Å². The number of carbonyl (C=O) groups is 1. The van der Waals surface area contributed by atoms with Gasteiger partial charge in [0, 0.05) is 28.7 Å². The summed E-state index contributed by atoms with van der Waals surface area (Å²) in [5.41, 5.74) is 0.719. The lowest BCUT2D eigenvalue weighted by Gasteiger charge is -2.33. The monoisotopic (exact) mass is 488 g/mol. The SMILES string of the molecule is C/C=C/CCCC(C)N(CC)CCC1(C)CN(C(=O)c2c(F)cccc2F)c2ccc(Cl)cc21. The predicted octanol–water partition coefficient (Wildman–Crippen LogP) is 7.38. The maximum absolute atomic E-state index is 14.4. The van der Waals surface area contributed by atoms with Crippen LogP contribution >= 0.6 is 11.6 Å². The van der Waals surface area contributed by atoms with Gasteiger partial charge in [-0.15, -0.1) is 0 Å². The molecule has 0 saturated carbocycles. The molecule has 184 valence electrons. The third-order valence-electron chi connectivity index (χ3n) is 7.04. The van der Waals surface area contributed by atoms with E-state index in [4.69, 9.17) is 11.6 Å². The number of hydrogen-bond donors (Lipinski definition) is 0. The zero-order valence-electron chi connectivity index (χ0n) is 20.6. The molecule has 2 aromatic rings. The molecule has 0 bridgehead atoms. The van der Waals surface area contributed by atoms with E-state index in [1.165, 1.54) is 11.0 Å². The van der Waals surface area contributed by atoms with Gasteiger partial charge in [0.15, 0.2) is 0 Å². The summed E-state index contributed by atoms with van der Waals surface area (Å²) in [5, 5.41) is 0.584. The number of hydrogen-bond acceptors (Lipinski definition) is 2. The number of fused-ring (bicyclic) bond motifs is 1. The van der Waals surface area contributed by atoms with Gasteiger partial charge in [-0.2, -0.15) is 0 Å². The molecule has 3 nitrogen and oxygen atoms in total. The Morgan fingerprint density at radius 1 is 1.26 bits per heavy atom. The predicted molar refractivity (Wildman–Crippen MR) is 137 cm³/mol. The lowest BCUT2D eigenvalue weighted by atomic mass is 9.81. The van der Waals surface area contributed by atoms with Gasteiger partial charge in [0.1, 0.15) is 17.2 Å². The van der Waals surface area contributed by atoms with Crippen LogP contribution in [0.4, 0.5) is 14.5 Å². The van der Waals surface area contributed by atoms with Crippen LogP contribution in [0, 0.1) is 11.6 Å². The minimum absolute atomic E-state index is 0.350. The van der Waals surface area contributed by atoms with Crippen molar-refractivity contribution in [2.75, 3.05) is 24.5 Å². The Balaban J connectivity index is 1.82. The molecule has 3 rings (SSSR count). The molecular weight excluding hydrogens is 454 g/mol. The summed E-state index contributed by atoms with van der Waals surface area (Å²) in [5.74, 6) is -2.36. The fraction of sp³-hybridized carbons (Fsp3) is 0.464. The Morgan fingerprint density at radius 3 is 2.62 bits per heavy atom. The lowest BCUT2D eigenvalue weighted by Crippen LogP contribution is -2.40. The first-order chi connectivity index (χ1) is 16.2. The van der Waals surface area contributed by atoms with Crippen LogP contribution < -0.4 is 4.90 Å². The third kappa shape index (κ3) is 5.69. The molecule has 1 aliphatic heterocycles. The largest absolute Gasteiger partial charge is 0.307 e. The van der Waals surface area contributed by atoms with Gasteiger partial charge in [-0.1, -0.05) is 43.7 Å². The molecule has 2 aromatic carbocycles. The summed E-state index contributed by atoms with van der Waals surface area (Å²) in [7, 11) is 0. The first-order valence-electron chi connectivity index (χ1n) is 12.1. The number of benzene rings is 2. The van der Waals surface area contributed by atoms with Crippen molar-refractivity contribution in [3.05, 3.63) is 76.3 Å². The van der Waals surface area contributed by atoms with Crippen LogP contribution in [0.25, 0.3) is 0 Å². The summed E-state index contributed by atoms with van der Waals surface area (Å²) in [4.78, 5) is 17.3. The molecule has 0 N–H and O–H groups in total. The molecule has 0 fully saturated rings. The fourth-order valence-corrected chi connectivity index (χ4v) is 5.11. The van der Waals surface area contributed by atoms with Gasteiger partial charge in [0.25, 0.3) is 5.91 Å². The van der Waals surface area contributed by atoms with Crippen molar-refractivity contribution in [3.8, 4) is 0 Å². The quantitative estimate of drug-likeness (QED) is 0.257. The highest BCUT2D eigenvalue weighted by Crippen LogP contribution is 2.45. The smallest absolute Gasteiger partial charge is 0.264 e. The normalized spacial score (nSPS) is 18.6. The second-order valence-electron chi connectivity index (χ2n) is 9.44. The molecule has 0 radical (unpaired) electrons. The number of nitrogens with zero attached hydrogens (tertiary/aromatic N) is 2. The number of allylic oxidation sites excluding steroid dienone is 2. The van der Waals surface area contributed by atoms with Gasteiger partial charge < -0.3 is 9.80 Å². The van der Waals surface area contributed by atoms with E-state index in [1.807, 2.05) is 13.0 Å². The molecular formula is C28H35ClF2N2O. The standard InChI is InChI=1S/C28H35ClF2N2O/c1-5-7-8-9-11-20(3)32(6-2)17-16-28(4)19-33(25-15-14-21(29)18-22(25)28)27(34)26-23(30)12-10-13-24(26)31/h5,7,10,12-15,18,20H,6,8-9,11,16-17,19H2,1-4H3/b7-5+. The number of carbonyl (C=O) groups excluding carboxylic acids is 1. The minimum Gasteiger partial charge on any atom is -0.307 e. The van der Waals surface area contributed by atoms with Gasteiger partial charge in [0.05, 0.1) is 0 Å². The van der Waals surface area contributed by atoms with Crippen molar-refractivity contribution in [2.45, 2.75) is 64.8 Å². The summed E-state index contributed by atoms with van der Waals surface area (Å²) in [6.07, 6.45) is 8.45.